The fourth-order valence-electron chi connectivity index (χ4n) is 0.875. The van der Waals surface area contributed by atoms with E-state index in [-0.39, 0.29) is 6.10 Å². The van der Waals surface area contributed by atoms with Gasteiger partial charge in [0, 0.05) is 12.1 Å². The van der Waals surface area contributed by atoms with Crippen LogP contribution in [0.5, 0.6) is 0 Å². The predicted octanol–water partition coefficient (Wildman–Crippen LogP) is 0.641. The summed E-state index contributed by atoms with van der Waals surface area (Å²) in [6.07, 6.45) is 2.13. The minimum absolute atomic E-state index is 0.292. The average Bonchev–Trinajstić information content (AvgIpc) is 2.15. The Kier molecular flexibility index (Phi) is 2.06. The van der Waals surface area contributed by atoms with Crippen LogP contribution < -0.4 is 0 Å². The van der Waals surface area contributed by atoms with Crippen LogP contribution in [0.25, 0.3) is 0 Å². The van der Waals surface area contributed by atoms with Crippen LogP contribution in [0.15, 0.2) is 6.20 Å². The van der Waals surface area contributed by atoms with E-state index in [1.807, 2.05) is 6.92 Å². The summed E-state index contributed by atoms with van der Waals surface area (Å²) >= 11 is 0. The van der Waals surface area contributed by atoms with Crippen LogP contribution in [0.3, 0.4) is 0 Å². The number of nitrogens with one attached hydrogen (secondary N) is 1. The molecule has 0 bridgehead atoms. The summed E-state index contributed by atoms with van der Waals surface area (Å²) in [7, 11) is 0. The Bertz CT molecular complexity index is 205. The third-order valence-electron chi connectivity index (χ3n) is 1.43. The molecule has 3 heteroatoms. The van der Waals surface area contributed by atoms with E-state index in [0.717, 1.165) is 11.3 Å². The highest BCUT2D eigenvalue weighted by Crippen LogP contribution is 2.04. The topological polar surface area (TPSA) is 48.9 Å². The van der Waals surface area contributed by atoms with Crippen molar-refractivity contribution in [3.8, 4) is 0 Å². The number of aliphatic hydroxyl groups excluding tert-OH is 1. The van der Waals surface area contributed by atoms with Crippen molar-refractivity contribution in [3.05, 3.63) is 17.5 Å². The van der Waals surface area contributed by atoms with E-state index in [0.29, 0.717) is 6.42 Å². The third-order valence-corrected chi connectivity index (χ3v) is 1.43. The van der Waals surface area contributed by atoms with Crippen molar-refractivity contribution >= 4 is 0 Å². The van der Waals surface area contributed by atoms with E-state index in [9.17, 15) is 0 Å². The highest BCUT2D eigenvalue weighted by Gasteiger charge is 2.02. The van der Waals surface area contributed by atoms with Gasteiger partial charge >= 0.3 is 0 Å². The van der Waals surface area contributed by atoms with Crippen molar-refractivity contribution in [1.29, 1.82) is 0 Å². The molecule has 0 aliphatic heterocycles. The van der Waals surface area contributed by atoms with Gasteiger partial charge < -0.3 is 5.11 Å². The number of aliphatic hydroxyl groups is 1. The summed E-state index contributed by atoms with van der Waals surface area (Å²) in [6.45, 7) is 3.74. The van der Waals surface area contributed by atoms with E-state index in [2.05, 4.69) is 10.2 Å². The van der Waals surface area contributed by atoms with Crippen molar-refractivity contribution in [2.75, 3.05) is 0 Å². The fourth-order valence-corrected chi connectivity index (χ4v) is 0.875. The smallest absolute Gasteiger partial charge is 0.0567 e. The summed E-state index contributed by atoms with van der Waals surface area (Å²) < 4.78 is 0. The molecule has 2 N–H and O–H groups in total. The zero-order valence-electron chi connectivity index (χ0n) is 6.26. The molecule has 0 saturated heterocycles. The molecule has 56 valence electrons. The number of aromatic nitrogens is 2. The minimum Gasteiger partial charge on any atom is -0.393 e. The fraction of sp³-hybridized carbons (Fsp3) is 0.571. The SMILES string of the molecule is Cc1cn[nH]c1CC(C)O. The predicted molar refractivity (Wildman–Crippen MR) is 38.7 cm³/mol. The molecule has 1 atom stereocenters. The number of H-pyrrole nitrogens is 1. The lowest BCUT2D eigenvalue weighted by atomic mass is 10.1. The maximum atomic E-state index is 9.00. The van der Waals surface area contributed by atoms with Crippen LogP contribution in [-0.4, -0.2) is 21.4 Å². The van der Waals surface area contributed by atoms with Gasteiger partial charge in [0.2, 0.25) is 0 Å². The van der Waals surface area contributed by atoms with Gasteiger partial charge in [0.1, 0.15) is 0 Å². The van der Waals surface area contributed by atoms with Crippen molar-refractivity contribution in [1.82, 2.24) is 10.2 Å². The van der Waals surface area contributed by atoms with Gasteiger partial charge in [0.15, 0.2) is 0 Å². The highest BCUT2D eigenvalue weighted by molar-refractivity contribution is 5.14. The Labute approximate surface area is 60.1 Å². The lowest BCUT2D eigenvalue weighted by Crippen LogP contribution is -2.05. The molecule has 3 nitrogen and oxygen atoms in total. The van der Waals surface area contributed by atoms with Gasteiger partial charge in [-0.2, -0.15) is 5.10 Å². The van der Waals surface area contributed by atoms with Crippen molar-refractivity contribution in [3.63, 3.8) is 0 Å². The second-order valence-electron chi connectivity index (χ2n) is 2.58. The molecule has 0 amide bonds. The van der Waals surface area contributed by atoms with Gasteiger partial charge in [0.05, 0.1) is 12.3 Å². The first-order valence-corrected chi connectivity index (χ1v) is 3.37. The van der Waals surface area contributed by atoms with Crippen molar-refractivity contribution < 1.29 is 5.11 Å². The van der Waals surface area contributed by atoms with E-state index >= 15 is 0 Å². The van der Waals surface area contributed by atoms with Crippen LogP contribution in [0.2, 0.25) is 0 Å². The summed E-state index contributed by atoms with van der Waals surface area (Å²) in [6, 6.07) is 0. The molecule has 0 aliphatic rings. The molecule has 1 rings (SSSR count). The monoisotopic (exact) mass is 140 g/mol. The summed E-state index contributed by atoms with van der Waals surface area (Å²) in [4.78, 5) is 0. The Morgan fingerprint density at radius 3 is 2.90 bits per heavy atom. The van der Waals surface area contributed by atoms with E-state index in [1.165, 1.54) is 0 Å². The molecule has 1 aromatic heterocycles. The highest BCUT2D eigenvalue weighted by atomic mass is 16.3. The zero-order valence-corrected chi connectivity index (χ0v) is 6.26. The number of nitrogens with zero attached hydrogens (tertiary/aromatic N) is 1. The molecular formula is C7H12N2O. The molecule has 1 aromatic rings. The first-order chi connectivity index (χ1) is 4.70. The standard InChI is InChI=1S/C7H12N2O/c1-5-4-8-9-7(5)3-6(2)10/h4,6,10H,3H2,1-2H3,(H,8,9). The molecule has 10 heavy (non-hydrogen) atoms. The molecule has 0 aliphatic carbocycles. The first-order valence-electron chi connectivity index (χ1n) is 3.37. The normalized spacial score (nSPS) is 13.5. The van der Waals surface area contributed by atoms with Gasteiger partial charge in [0.25, 0.3) is 0 Å². The molecule has 0 spiro atoms. The summed E-state index contributed by atoms with van der Waals surface area (Å²) in [5.41, 5.74) is 2.14. The molecule has 0 fully saturated rings. The minimum atomic E-state index is -0.292. The largest absolute Gasteiger partial charge is 0.393 e. The number of aryl methyl sites for hydroxylation is 1. The lowest BCUT2D eigenvalue weighted by Gasteiger charge is -2.00. The maximum absolute atomic E-state index is 9.00. The second kappa shape index (κ2) is 2.84. The van der Waals surface area contributed by atoms with Crippen molar-refractivity contribution in [2.24, 2.45) is 0 Å². The number of rotatable bonds is 2. The Morgan fingerprint density at radius 1 is 1.80 bits per heavy atom. The Balaban J connectivity index is 2.65. The van der Waals surface area contributed by atoms with Crippen LogP contribution in [0.4, 0.5) is 0 Å². The van der Waals surface area contributed by atoms with Crippen LogP contribution >= 0.6 is 0 Å². The van der Waals surface area contributed by atoms with Crippen LogP contribution in [-0.2, 0) is 6.42 Å². The van der Waals surface area contributed by atoms with Gasteiger partial charge in [-0.25, -0.2) is 0 Å². The lowest BCUT2D eigenvalue weighted by molar-refractivity contribution is 0.194. The average molecular weight is 140 g/mol. The van der Waals surface area contributed by atoms with Gasteiger partial charge in [-0.15, -0.1) is 0 Å². The van der Waals surface area contributed by atoms with Crippen molar-refractivity contribution in [2.45, 2.75) is 26.4 Å². The zero-order chi connectivity index (χ0) is 7.56. The Hall–Kier alpha value is -0.830. The molecule has 0 saturated carbocycles. The van der Waals surface area contributed by atoms with E-state index in [1.54, 1.807) is 13.1 Å². The summed E-state index contributed by atoms with van der Waals surface area (Å²) in [5.74, 6) is 0. The maximum Gasteiger partial charge on any atom is 0.0567 e. The number of aromatic amines is 1. The van der Waals surface area contributed by atoms with Crippen LogP contribution in [0.1, 0.15) is 18.2 Å². The summed E-state index contributed by atoms with van der Waals surface area (Å²) in [5, 5.41) is 15.7. The van der Waals surface area contributed by atoms with E-state index < -0.39 is 0 Å². The molecular weight excluding hydrogens is 128 g/mol. The van der Waals surface area contributed by atoms with Crippen LogP contribution in [0, 0.1) is 6.92 Å². The van der Waals surface area contributed by atoms with E-state index in [4.69, 9.17) is 5.11 Å². The van der Waals surface area contributed by atoms with Gasteiger partial charge in [-0.3, -0.25) is 5.10 Å². The second-order valence-corrected chi connectivity index (χ2v) is 2.58. The van der Waals surface area contributed by atoms with Gasteiger partial charge in [-0.1, -0.05) is 0 Å². The number of hydrogen-bond donors (Lipinski definition) is 2. The number of hydrogen-bond acceptors (Lipinski definition) is 2. The quantitative estimate of drug-likeness (QED) is 0.633. The third kappa shape index (κ3) is 1.57. The molecule has 0 radical (unpaired) electrons. The molecule has 1 heterocycles. The first kappa shape index (κ1) is 7.28. The molecule has 0 aromatic carbocycles. The molecule has 1 unspecified atom stereocenters. The van der Waals surface area contributed by atoms with Gasteiger partial charge in [-0.05, 0) is 19.4 Å². The Morgan fingerprint density at radius 2 is 2.50 bits per heavy atom.